The second-order valence-corrected chi connectivity index (χ2v) is 4.08. The van der Waals surface area contributed by atoms with Crippen LogP contribution in [0.25, 0.3) is 0 Å². The molecule has 19 heavy (non-hydrogen) atoms. The van der Waals surface area contributed by atoms with Gasteiger partial charge in [0.05, 0.1) is 18.7 Å². The molecule has 0 aliphatic carbocycles. The first-order chi connectivity index (χ1) is 8.93. The molecule has 0 aliphatic heterocycles. The third-order valence-corrected chi connectivity index (χ3v) is 2.46. The molecule has 0 atom stereocenters. The summed E-state index contributed by atoms with van der Waals surface area (Å²) >= 11 is 0. The Morgan fingerprint density at radius 2 is 2.11 bits per heavy atom. The molecule has 0 saturated heterocycles. The molecule has 106 valence electrons. The number of halogens is 3. The number of benzene rings is 1. The average molecular weight is 275 g/mol. The first kappa shape index (κ1) is 15.7. The average Bonchev–Trinajstić information content (AvgIpc) is 2.34. The van der Waals surface area contributed by atoms with Crippen molar-refractivity contribution in [1.82, 2.24) is 5.32 Å². The molecular weight excluding hydrogens is 259 g/mol. The quantitative estimate of drug-likeness (QED) is 0.774. The topological polar surface area (TPSA) is 38.3 Å². The van der Waals surface area contributed by atoms with Crippen molar-refractivity contribution in [3.05, 3.63) is 35.4 Å². The van der Waals surface area contributed by atoms with E-state index < -0.39 is 11.7 Å². The number of Topliss-reactive ketones (excluding diaryl/α,β-unsaturated/α-hetero) is 1. The smallest absolute Gasteiger partial charge is 0.383 e. The summed E-state index contributed by atoms with van der Waals surface area (Å²) in [5, 5.41) is 2.85. The molecule has 1 aromatic rings. The number of rotatable bonds is 7. The molecule has 0 aliphatic rings. The molecule has 1 rings (SSSR count). The van der Waals surface area contributed by atoms with E-state index in [0.717, 1.165) is 12.1 Å². The Balaban J connectivity index is 2.50. The van der Waals surface area contributed by atoms with E-state index in [4.69, 9.17) is 4.74 Å². The summed E-state index contributed by atoms with van der Waals surface area (Å²) in [6.45, 7) is 1.14. The highest BCUT2D eigenvalue weighted by molar-refractivity contribution is 5.82. The van der Waals surface area contributed by atoms with Crippen LogP contribution in [0.4, 0.5) is 13.2 Å². The van der Waals surface area contributed by atoms with Crippen molar-refractivity contribution >= 4 is 5.78 Å². The summed E-state index contributed by atoms with van der Waals surface area (Å²) in [7, 11) is 1.55. The van der Waals surface area contributed by atoms with Gasteiger partial charge in [-0.3, -0.25) is 4.79 Å². The lowest BCUT2D eigenvalue weighted by Crippen LogP contribution is -2.27. The van der Waals surface area contributed by atoms with Gasteiger partial charge >= 0.3 is 6.18 Å². The largest absolute Gasteiger partial charge is 0.416 e. The fraction of sp³-hybridized carbons (Fsp3) is 0.462. The Labute approximate surface area is 109 Å². The molecule has 0 heterocycles. The molecule has 6 heteroatoms. The van der Waals surface area contributed by atoms with Crippen molar-refractivity contribution in [2.24, 2.45) is 0 Å². The molecule has 0 unspecified atom stereocenters. The van der Waals surface area contributed by atoms with Crippen LogP contribution in [-0.2, 0) is 22.1 Å². The Hall–Kier alpha value is -1.40. The van der Waals surface area contributed by atoms with Crippen LogP contribution in [0.15, 0.2) is 24.3 Å². The van der Waals surface area contributed by atoms with E-state index in [1.54, 1.807) is 7.11 Å². The van der Waals surface area contributed by atoms with Gasteiger partial charge in [0.2, 0.25) is 0 Å². The van der Waals surface area contributed by atoms with E-state index in [1.807, 2.05) is 0 Å². The molecule has 1 N–H and O–H groups in total. The van der Waals surface area contributed by atoms with Crippen LogP contribution in [0.2, 0.25) is 0 Å². The van der Waals surface area contributed by atoms with Gasteiger partial charge in [0.25, 0.3) is 0 Å². The Morgan fingerprint density at radius 3 is 2.74 bits per heavy atom. The number of methoxy groups -OCH3 is 1. The number of alkyl halides is 3. The monoisotopic (exact) mass is 275 g/mol. The number of hydrogen-bond acceptors (Lipinski definition) is 3. The minimum Gasteiger partial charge on any atom is -0.383 e. The van der Waals surface area contributed by atoms with Crippen molar-refractivity contribution in [2.75, 3.05) is 26.8 Å². The van der Waals surface area contributed by atoms with Gasteiger partial charge in [-0.2, -0.15) is 13.2 Å². The van der Waals surface area contributed by atoms with Crippen molar-refractivity contribution in [3.63, 3.8) is 0 Å². The van der Waals surface area contributed by atoms with Crippen LogP contribution in [0.3, 0.4) is 0 Å². The van der Waals surface area contributed by atoms with Crippen LogP contribution in [0.1, 0.15) is 11.1 Å². The molecule has 1 aromatic carbocycles. The lowest BCUT2D eigenvalue weighted by molar-refractivity contribution is -0.137. The molecule has 0 amide bonds. The minimum absolute atomic E-state index is 0.0100. The second-order valence-electron chi connectivity index (χ2n) is 4.08. The Kier molecular flexibility index (Phi) is 5.98. The molecule has 0 saturated carbocycles. The molecule has 0 radical (unpaired) electrons. The first-order valence-corrected chi connectivity index (χ1v) is 5.81. The van der Waals surface area contributed by atoms with Crippen molar-refractivity contribution < 1.29 is 22.7 Å². The predicted molar refractivity (Wildman–Crippen MR) is 64.9 cm³/mol. The lowest BCUT2D eigenvalue weighted by atomic mass is 10.1. The summed E-state index contributed by atoms with van der Waals surface area (Å²) in [6.07, 6.45) is -4.39. The normalized spacial score (nSPS) is 11.6. The molecule has 0 aromatic heterocycles. The molecule has 0 fully saturated rings. The van der Waals surface area contributed by atoms with E-state index in [1.165, 1.54) is 12.1 Å². The summed E-state index contributed by atoms with van der Waals surface area (Å²) in [6, 6.07) is 4.82. The number of ether oxygens (including phenoxy) is 1. The standard InChI is InChI=1S/C13H16F3NO2/c1-19-6-5-17-9-12(18)8-10-3-2-4-11(7-10)13(14,15)16/h2-4,7,17H,5-6,8-9H2,1H3. The van der Waals surface area contributed by atoms with Crippen LogP contribution < -0.4 is 5.32 Å². The Morgan fingerprint density at radius 1 is 1.37 bits per heavy atom. The van der Waals surface area contributed by atoms with Crippen molar-refractivity contribution in [2.45, 2.75) is 12.6 Å². The maximum atomic E-state index is 12.5. The van der Waals surface area contributed by atoms with Gasteiger partial charge in [0.1, 0.15) is 0 Å². The maximum Gasteiger partial charge on any atom is 0.416 e. The summed E-state index contributed by atoms with van der Waals surface area (Å²) in [5.74, 6) is -0.157. The van der Waals surface area contributed by atoms with Crippen molar-refractivity contribution in [3.8, 4) is 0 Å². The van der Waals surface area contributed by atoms with E-state index in [0.29, 0.717) is 18.7 Å². The van der Waals surface area contributed by atoms with Gasteiger partial charge in [0.15, 0.2) is 5.78 Å². The lowest BCUT2D eigenvalue weighted by Gasteiger charge is -2.08. The van der Waals surface area contributed by atoms with Crippen LogP contribution >= 0.6 is 0 Å². The number of carbonyl (C=O) groups excluding carboxylic acids is 1. The van der Waals surface area contributed by atoms with Crippen LogP contribution in [0.5, 0.6) is 0 Å². The van der Waals surface area contributed by atoms with Gasteiger partial charge in [-0.1, -0.05) is 18.2 Å². The second kappa shape index (κ2) is 7.25. The highest BCUT2D eigenvalue weighted by atomic mass is 19.4. The van der Waals surface area contributed by atoms with Gasteiger partial charge in [-0.25, -0.2) is 0 Å². The minimum atomic E-state index is -4.38. The van der Waals surface area contributed by atoms with E-state index in [-0.39, 0.29) is 18.7 Å². The summed E-state index contributed by atoms with van der Waals surface area (Å²) in [4.78, 5) is 11.6. The van der Waals surface area contributed by atoms with E-state index >= 15 is 0 Å². The predicted octanol–water partition coefficient (Wildman–Crippen LogP) is 2.05. The third kappa shape index (κ3) is 5.85. The van der Waals surface area contributed by atoms with Crippen LogP contribution in [-0.4, -0.2) is 32.6 Å². The van der Waals surface area contributed by atoms with E-state index in [2.05, 4.69) is 5.32 Å². The third-order valence-electron chi connectivity index (χ3n) is 2.46. The molecule has 0 bridgehead atoms. The van der Waals surface area contributed by atoms with Gasteiger partial charge < -0.3 is 10.1 Å². The number of hydrogen-bond donors (Lipinski definition) is 1. The highest BCUT2D eigenvalue weighted by Crippen LogP contribution is 2.29. The zero-order valence-electron chi connectivity index (χ0n) is 10.6. The summed E-state index contributed by atoms with van der Waals surface area (Å²) in [5.41, 5.74) is -0.362. The summed E-state index contributed by atoms with van der Waals surface area (Å²) < 4.78 is 42.2. The van der Waals surface area contributed by atoms with Crippen LogP contribution in [0, 0.1) is 0 Å². The Bertz CT molecular complexity index is 419. The van der Waals surface area contributed by atoms with Gasteiger partial charge in [0, 0.05) is 20.1 Å². The fourth-order valence-corrected chi connectivity index (χ4v) is 1.55. The molecule has 0 spiro atoms. The SMILES string of the molecule is COCCNCC(=O)Cc1cccc(C(F)(F)F)c1. The van der Waals surface area contributed by atoms with Gasteiger partial charge in [-0.05, 0) is 11.6 Å². The number of carbonyl (C=O) groups is 1. The highest BCUT2D eigenvalue weighted by Gasteiger charge is 2.30. The zero-order chi connectivity index (χ0) is 14.3. The molecule has 3 nitrogen and oxygen atoms in total. The fourth-order valence-electron chi connectivity index (χ4n) is 1.55. The number of nitrogens with one attached hydrogen (secondary N) is 1. The maximum absolute atomic E-state index is 12.5. The zero-order valence-corrected chi connectivity index (χ0v) is 10.6. The molecular formula is C13H16F3NO2. The number of ketones is 1. The van der Waals surface area contributed by atoms with Gasteiger partial charge in [-0.15, -0.1) is 0 Å². The van der Waals surface area contributed by atoms with E-state index in [9.17, 15) is 18.0 Å². The van der Waals surface area contributed by atoms with Crippen molar-refractivity contribution in [1.29, 1.82) is 0 Å². The first-order valence-electron chi connectivity index (χ1n) is 5.81.